The molecule has 8 heteroatoms. The van der Waals surface area contributed by atoms with Gasteiger partial charge in [0.15, 0.2) is 10.8 Å². The van der Waals surface area contributed by atoms with Crippen LogP contribution < -0.4 is 10.1 Å². The fraction of sp³-hybridized carbons (Fsp3) is 0.136. The third-order valence-electron chi connectivity index (χ3n) is 4.89. The summed E-state index contributed by atoms with van der Waals surface area (Å²) < 4.78 is 13.3. The maximum atomic E-state index is 12.9. The Morgan fingerprint density at radius 3 is 2.80 bits per heavy atom. The molecule has 150 valence electrons. The number of methoxy groups -OCH3 is 1. The van der Waals surface area contributed by atoms with Gasteiger partial charge in [0.25, 0.3) is 0 Å². The van der Waals surface area contributed by atoms with Crippen molar-refractivity contribution in [3.63, 3.8) is 0 Å². The minimum atomic E-state index is -0.395. The van der Waals surface area contributed by atoms with Gasteiger partial charge in [-0.25, -0.2) is 0 Å². The highest BCUT2D eigenvalue weighted by Crippen LogP contribution is 2.36. The zero-order valence-corrected chi connectivity index (χ0v) is 17.1. The van der Waals surface area contributed by atoms with Gasteiger partial charge in [-0.05, 0) is 31.2 Å². The molecule has 3 aromatic heterocycles. The minimum absolute atomic E-state index is 0.165. The van der Waals surface area contributed by atoms with E-state index in [0.29, 0.717) is 22.2 Å². The van der Waals surface area contributed by atoms with Gasteiger partial charge in [-0.2, -0.15) is 0 Å². The van der Waals surface area contributed by atoms with Gasteiger partial charge in [0, 0.05) is 23.0 Å². The van der Waals surface area contributed by atoms with E-state index in [4.69, 9.17) is 9.15 Å². The molecule has 5 rings (SSSR count). The average Bonchev–Trinajstić information content (AvgIpc) is 3.34. The Morgan fingerprint density at radius 2 is 1.93 bits per heavy atom. The standard InChI is InChI=1S/C22H18N4O3S/c1-13(30-22-25-24-20-9-5-6-10-26(20)22)21(27)23-16-12-18-15(11-19(16)28-2)14-7-3-4-8-17(14)29-18/h3-13H,1-2H3,(H,23,27)/t13-/m1/s1. The predicted octanol–water partition coefficient (Wildman–Crippen LogP) is 4.76. The molecule has 0 saturated heterocycles. The predicted molar refractivity (Wildman–Crippen MR) is 117 cm³/mol. The molecule has 1 atom stereocenters. The van der Waals surface area contributed by atoms with Crippen LogP contribution >= 0.6 is 11.8 Å². The van der Waals surface area contributed by atoms with Gasteiger partial charge in [0.2, 0.25) is 5.91 Å². The molecule has 1 N–H and O–H groups in total. The molecule has 0 spiro atoms. The van der Waals surface area contributed by atoms with Crippen molar-refractivity contribution in [2.24, 2.45) is 0 Å². The molecular weight excluding hydrogens is 400 g/mol. The van der Waals surface area contributed by atoms with Crippen LogP contribution in [0.1, 0.15) is 6.92 Å². The lowest BCUT2D eigenvalue weighted by Gasteiger charge is -2.13. The number of carbonyl (C=O) groups is 1. The van der Waals surface area contributed by atoms with Gasteiger partial charge in [-0.3, -0.25) is 9.20 Å². The van der Waals surface area contributed by atoms with E-state index in [1.807, 2.05) is 66.1 Å². The van der Waals surface area contributed by atoms with Crippen LogP contribution in [-0.2, 0) is 4.79 Å². The SMILES string of the molecule is COc1cc2c(cc1NC(=O)[C@@H](C)Sc1nnc3ccccn13)oc1ccccc12. The molecule has 0 bridgehead atoms. The molecule has 1 amide bonds. The molecule has 5 aromatic rings. The highest BCUT2D eigenvalue weighted by atomic mass is 32.2. The third-order valence-corrected chi connectivity index (χ3v) is 5.95. The molecule has 0 radical (unpaired) electrons. The van der Waals surface area contributed by atoms with Gasteiger partial charge in [0.1, 0.15) is 16.9 Å². The van der Waals surface area contributed by atoms with Crippen molar-refractivity contribution in [1.82, 2.24) is 14.6 Å². The van der Waals surface area contributed by atoms with E-state index in [1.54, 1.807) is 13.2 Å². The summed E-state index contributed by atoms with van der Waals surface area (Å²) in [5.41, 5.74) is 2.79. The van der Waals surface area contributed by atoms with Crippen molar-refractivity contribution >= 4 is 50.9 Å². The third kappa shape index (κ3) is 3.15. The van der Waals surface area contributed by atoms with Crippen molar-refractivity contribution in [2.45, 2.75) is 17.3 Å². The number of benzene rings is 2. The second-order valence-corrected chi connectivity index (χ2v) is 8.12. The van der Waals surface area contributed by atoms with Crippen LogP contribution in [-0.4, -0.2) is 32.9 Å². The number of furan rings is 1. The first-order valence-electron chi connectivity index (χ1n) is 9.40. The number of thioether (sulfide) groups is 1. The number of carbonyl (C=O) groups excluding carboxylic acids is 1. The molecule has 2 aromatic carbocycles. The lowest BCUT2D eigenvalue weighted by molar-refractivity contribution is -0.115. The first kappa shape index (κ1) is 18.5. The summed E-state index contributed by atoms with van der Waals surface area (Å²) in [5, 5.41) is 13.5. The van der Waals surface area contributed by atoms with Crippen LogP contribution in [0.2, 0.25) is 0 Å². The number of para-hydroxylation sites is 1. The monoisotopic (exact) mass is 418 g/mol. The number of nitrogens with one attached hydrogen (secondary N) is 1. The molecule has 3 heterocycles. The zero-order valence-electron chi connectivity index (χ0n) is 16.3. The fourth-order valence-corrected chi connectivity index (χ4v) is 4.20. The summed E-state index contributed by atoms with van der Waals surface area (Å²) in [6, 6.07) is 17.2. The van der Waals surface area contributed by atoms with E-state index in [1.165, 1.54) is 11.8 Å². The van der Waals surface area contributed by atoms with E-state index in [0.717, 1.165) is 22.0 Å². The molecule has 0 aliphatic carbocycles. The maximum Gasteiger partial charge on any atom is 0.237 e. The van der Waals surface area contributed by atoms with Crippen molar-refractivity contribution in [1.29, 1.82) is 0 Å². The molecule has 0 fully saturated rings. The van der Waals surface area contributed by atoms with Crippen molar-refractivity contribution in [2.75, 3.05) is 12.4 Å². The first-order valence-corrected chi connectivity index (χ1v) is 10.3. The molecule has 0 aliphatic heterocycles. The van der Waals surface area contributed by atoms with Gasteiger partial charge >= 0.3 is 0 Å². The summed E-state index contributed by atoms with van der Waals surface area (Å²) in [5.74, 6) is 0.411. The minimum Gasteiger partial charge on any atom is -0.495 e. The Hall–Kier alpha value is -3.52. The van der Waals surface area contributed by atoms with E-state index < -0.39 is 5.25 Å². The Morgan fingerprint density at radius 1 is 1.10 bits per heavy atom. The smallest absolute Gasteiger partial charge is 0.237 e. The molecular formula is C22H18N4O3S. The summed E-state index contributed by atoms with van der Waals surface area (Å²) >= 11 is 1.34. The van der Waals surface area contributed by atoms with Crippen molar-refractivity contribution < 1.29 is 13.9 Å². The summed E-state index contributed by atoms with van der Waals surface area (Å²) in [6.07, 6.45) is 1.88. The van der Waals surface area contributed by atoms with E-state index in [2.05, 4.69) is 15.5 Å². The number of amides is 1. The number of hydrogen-bond acceptors (Lipinski definition) is 6. The van der Waals surface area contributed by atoms with Gasteiger partial charge in [-0.15, -0.1) is 10.2 Å². The van der Waals surface area contributed by atoms with Crippen LogP contribution in [0.5, 0.6) is 5.75 Å². The largest absolute Gasteiger partial charge is 0.495 e. The van der Waals surface area contributed by atoms with E-state index >= 15 is 0 Å². The van der Waals surface area contributed by atoms with Crippen LogP contribution in [0.4, 0.5) is 5.69 Å². The first-order chi connectivity index (χ1) is 14.6. The fourth-order valence-electron chi connectivity index (χ4n) is 3.36. The van der Waals surface area contributed by atoms with Gasteiger partial charge < -0.3 is 14.5 Å². The lowest BCUT2D eigenvalue weighted by atomic mass is 10.1. The number of rotatable bonds is 5. The Labute approximate surface area is 176 Å². The average molecular weight is 418 g/mol. The van der Waals surface area contributed by atoms with Crippen molar-refractivity contribution in [3.8, 4) is 5.75 Å². The Bertz CT molecular complexity index is 1390. The summed E-state index contributed by atoms with van der Waals surface area (Å²) in [4.78, 5) is 12.9. The number of anilines is 1. The molecule has 7 nitrogen and oxygen atoms in total. The second-order valence-electron chi connectivity index (χ2n) is 6.81. The van der Waals surface area contributed by atoms with Gasteiger partial charge in [-0.1, -0.05) is 36.0 Å². The van der Waals surface area contributed by atoms with Crippen LogP contribution in [0, 0.1) is 0 Å². The molecule has 0 unspecified atom stereocenters. The quantitative estimate of drug-likeness (QED) is 0.415. The molecule has 0 saturated carbocycles. The maximum absolute atomic E-state index is 12.9. The number of nitrogens with zero attached hydrogens (tertiary/aromatic N) is 3. The van der Waals surface area contributed by atoms with E-state index in [9.17, 15) is 4.79 Å². The van der Waals surface area contributed by atoms with Gasteiger partial charge in [0.05, 0.1) is 18.0 Å². The molecule has 30 heavy (non-hydrogen) atoms. The van der Waals surface area contributed by atoms with Crippen LogP contribution in [0.3, 0.4) is 0 Å². The van der Waals surface area contributed by atoms with E-state index in [-0.39, 0.29) is 5.91 Å². The van der Waals surface area contributed by atoms with Crippen molar-refractivity contribution in [3.05, 3.63) is 60.8 Å². The number of hydrogen-bond donors (Lipinski definition) is 1. The number of aromatic nitrogens is 3. The summed E-state index contributed by atoms with van der Waals surface area (Å²) in [6.45, 7) is 1.83. The molecule has 0 aliphatic rings. The number of pyridine rings is 1. The Kier molecular flexibility index (Phi) is 4.55. The topological polar surface area (TPSA) is 81.7 Å². The van der Waals surface area contributed by atoms with Crippen LogP contribution in [0.15, 0.2) is 70.4 Å². The lowest BCUT2D eigenvalue weighted by Crippen LogP contribution is -2.23. The number of fused-ring (bicyclic) bond motifs is 4. The van der Waals surface area contributed by atoms with Crippen LogP contribution in [0.25, 0.3) is 27.6 Å². The summed E-state index contributed by atoms with van der Waals surface area (Å²) in [7, 11) is 1.58. The Balaban J connectivity index is 1.42. The second kappa shape index (κ2) is 7.38. The highest BCUT2D eigenvalue weighted by molar-refractivity contribution is 8.00. The number of ether oxygens (including phenoxy) is 1. The normalized spacial score (nSPS) is 12.5. The highest BCUT2D eigenvalue weighted by Gasteiger charge is 2.20. The zero-order chi connectivity index (χ0) is 20.7.